The van der Waals surface area contributed by atoms with Gasteiger partial charge in [-0.25, -0.2) is 0 Å². The minimum absolute atomic E-state index is 0.648. The lowest BCUT2D eigenvalue weighted by Crippen LogP contribution is -2.29. The SMILES string of the molecule is O=C(O)[C@H](NCCCc1ccc2c(c1)CCO2)c1ccccc1. The largest absolute Gasteiger partial charge is 0.493 e. The second kappa shape index (κ2) is 7.29. The number of hydrogen-bond acceptors (Lipinski definition) is 3. The highest BCUT2D eigenvalue weighted by atomic mass is 16.5. The summed E-state index contributed by atoms with van der Waals surface area (Å²) in [6, 6.07) is 15.0. The van der Waals surface area contributed by atoms with Crippen molar-refractivity contribution in [1.29, 1.82) is 0 Å². The fourth-order valence-electron chi connectivity index (χ4n) is 2.93. The number of rotatable bonds is 7. The monoisotopic (exact) mass is 311 g/mol. The third-order valence-electron chi connectivity index (χ3n) is 4.12. The van der Waals surface area contributed by atoms with Gasteiger partial charge in [0.25, 0.3) is 0 Å². The summed E-state index contributed by atoms with van der Waals surface area (Å²) in [5.41, 5.74) is 3.35. The Morgan fingerprint density at radius 2 is 2.04 bits per heavy atom. The van der Waals surface area contributed by atoms with Crippen molar-refractivity contribution in [2.45, 2.75) is 25.3 Å². The summed E-state index contributed by atoms with van der Waals surface area (Å²) in [7, 11) is 0. The molecule has 0 spiro atoms. The van der Waals surface area contributed by atoms with Crippen LogP contribution < -0.4 is 10.1 Å². The van der Waals surface area contributed by atoms with Crippen LogP contribution in [0, 0.1) is 0 Å². The first kappa shape index (κ1) is 15.6. The zero-order valence-corrected chi connectivity index (χ0v) is 13.0. The molecule has 2 aromatic carbocycles. The number of fused-ring (bicyclic) bond motifs is 1. The summed E-state index contributed by atoms with van der Waals surface area (Å²) in [4.78, 5) is 11.4. The summed E-state index contributed by atoms with van der Waals surface area (Å²) in [5, 5.41) is 12.5. The molecule has 0 amide bonds. The molecule has 120 valence electrons. The van der Waals surface area contributed by atoms with E-state index in [0.717, 1.165) is 37.2 Å². The number of nitrogens with one attached hydrogen (secondary N) is 1. The molecule has 0 saturated heterocycles. The van der Waals surface area contributed by atoms with Gasteiger partial charge in [0.05, 0.1) is 6.61 Å². The molecule has 2 N–H and O–H groups in total. The minimum atomic E-state index is -0.842. The average molecular weight is 311 g/mol. The second-order valence-corrected chi connectivity index (χ2v) is 5.78. The molecular weight excluding hydrogens is 290 g/mol. The summed E-state index contributed by atoms with van der Waals surface area (Å²) in [6.07, 6.45) is 2.81. The van der Waals surface area contributed by atoms with Crippen LogP contribution in [0.5, 0.6) is 5.75 Å². The number of benzene rings is 2. The van der Waals surface area contributed by atoms with Gasteiger partial charge in [0.15, 0.2) is 0 Å². The first-order valence-electron chi connectivity index (χ1n) is 8.00. The molecule has 0 aromatic heterocycles. The number of aliphatic carboxylic acids is 1. The van der Waals surface area contributed by atoms with Crippen molar-refractivity contribution in [3.8, 4) is 5.75 Å². The molecular formula is C19H21NO3. The second-order valence-electron chi connectivity index (χ2n) is 5.78. The molecule has 23 heavy (non-hydrogen) atoms. The lowest BCUT2D eigenvalue weighted by atomic mass is 10.0. The molecule has 1 atom stereocenters. The van der Waals surface area contributed by atoms with Gasteiger partial charge in [-0.3, -0.25) is 4.79 Å². The molecule has 3 rings (SSSR count). The fourth-order valence-corrected chi connectivity index (χ4v) is 2.93. The van der Waals surface area contributed by atoms with Crippen molar-refractivity contribution < 1.29 is 14.6 Å². The van der Waals surface area contributed by atoms with Crippen molar-refractivity contribution in [3.05, 3.63) is 65.2 Å². The quantitative estimate of drug-likeness (QED) is 0.772. The molecule has 1 aliphatic heterocycles. The van der Waals surface area contributed by atoms with E-state index < -0.39 is 12.0 Å². The molecule has 0 aliphatic carbocycles. The van der Waals surface area contributed by atoms with E-state index in [0.29, 0.717) is 6.54 Å². The van der Waals surface area contributed by atoms with Crippen LogP contribution in [-0.2, 0) is 17.6 Å². The van der Waals surface area contributed by atoms with Crippen molar-refractivity contribution >= 4 is 5.97 Å². The van der Waals surface area contributed by atoms with E-state index in [4.69, 9.17) is 4.74 Å². The van der Waals surface area contributed by atoms with Gasteiger partial charge in [0.2, 0.25) is 0 Å². The Bertz CT molecular complexity index is 670. The zero-order chi connectivity index (χ0) is 16.1. The molecule has 4 nitrogen and oxygen atoms in total. The van der Waals surface area contributed by atoms with Gasteiger partial charge < -0.3 is 15.2 Å². The summed E-state index contributed by atoms with van der Waals surface area (Å²) in [6.45, 7) is 1.44. The Balaban J connectivity index is 1.51. The van der Waals surface area contributed by atoms with Gasteiger partial charge in [-0.1, -0.05) is 42.5 Å². The van der Waals surface area contributed by atoms with E-state index in [1.165, 1.54) is 11.1 Å². The van der Waals surface area contributed by atoms with Crippen LogP contribution >= 0.6 is 0 Å². The van der Waals surface area contributed by atoms with E-state index in [1.54, 1.807) is 0 Å². The third kappa shape index (κ3) is 3.90. The Labute approximate surface area is 136 Å². The number of hydrogen-bond donors (Lipinski definition) is 2. The van der Waals surface area contributed by atoms with Crippen molar-refractivity contribution in [2.24, 2.45) is 0 Å². The highest BCUT2D eigenvalue weighted by molar-refractivity contribution is 5.75. The maximum atomic E-state index is 11.4. The van der Waals surface area contributed by atoms with Gasteiger partial charge in [0.1, 0.15) is 11.8 Å². The van der Waals surface area contributed by atoms with Gasteiger partial charge in [-0.05, 0) is 42.1 Å². The number of carboxylic acid groups (broad SMARTS) is 1. The smallest absolute Gasteiger partial charge is 0.325 e. The third-order valence-corrected chi connectivity index (χ3v) is 4.12. The van der Waals surface area contributed by atoms with E-state index >= 15 is 0 Å². The topological polar surface area (TPSA) is 58.6 Å². The molecule has 0 unspecified atom stereocenters. The van der Waals surface area contributed by atoms with Gasteiger partial charge in [-0.2, -0.15) is 0 Å². The van der Waals surface area contributed by atoms with Crippen LogP contribution in [-0.4, -0.2) is 24.2 Å². The summed E-state index contributed by atoms with van der Waals surface area (Å²) < 4.78 is 5.51. The predicted octanol–water partition coefficient (Wildman–Crippen LogP) is 2.97. The standard InChI is InChI=1S/C19H21NO3/c21-19(22)18(15-6-2-1-3-7-15)20-11-4-5-14-8-9-17-16(13-14)10-12-23-17/h1-3,6-9,13,18,20H,4-5,10-12H2,(H,21,22)/t18-/m1/s1. The van der Waals surface area contributed by atoms with E-state index in [1.807, 2.05) is 36.4 Å². The molecule has 0 bridgehead atoms. The van der Waals surface area contributed by atoms with Gasteiger partial charge in [0, 0.05) is 6.42 Å². The van der Waals surface area contributed by atoms with Crippen LogP contribution in [0.2, 0.25) is 0 Å². The van der Waals surface area contributed by atoms with Crippen molar-refractivity contribution in [3.63, 3.8) is 0 Å². The molecule has 1 heterocycles. The minimum Gasteiger partial charge on any atom is -0.493 e. The van der Waals surface area contributed by atoms with E-state index in [9.17, 15) is 9.90 Å². The van der Waals surface area contributed by atoms with Crippen LogP contribution in [0.4, 0.5) is 0 Å². The van der Waals surface area contributed by atoms with E-state index in [-0.39, 0.29) is 0 Å². The summed E-state index contributed by atoms with van der Waals surface area (Å²) >= 11 is 0. The van der Waals surface area contributed by atoms with Gasteiger partial charge in [-0.15, -0.1) is 0 Å². The Kier molecular flexibility index (Phi) is 4.93. The highest BCUT2D eigenvalue weighted by Gasteiger charge is 2.18. The molecule has 1 aliphatic rings. The lowest BCUT2D eigenvalue weighted by molar-refractivity contribution is -0.139. The van der Waals surface area contributed by atoms with Crippen molar-refractivity contribution in [1.82, 2.24) is 5.32 Å². The maximum Gasteiger partial charge on any atom is 0.325 e. The Hall–Kier alpha value is -2.33. The zero-order valence-electron chi connectivity index (χ0n) is 13.0. The molecule has 4 heteroatoms. The van der Waals surface area contributed by atoms with Gasteiger partial charge >= 0.3 is 5.97 Å². The Morgan fingerprint density at radius 3 is 2.83 bits per heavy atom. The average Bonchev–Trinajstić information content (AvgIpc) is 3.03. The van der Waals surface area contributed by atoms with Crippen LogP contribution in [0.15, 0.2) is 48.5 Å². The predicted molar refractivity (Wildman–Crippen MR) is 88.8 cm³/mol. The molecule has 0 saturated carbocycles. The number of ether oxygens (including phenoxy) is 1. The molecule has 0 radical (unpaired) electrons. The fraction of sp³-hybridized carbons (Fsp3) is 0.316. The van der Waals surface area contributed by atoms with Crippen LogP contribution in [0.3, 0.4) is 0 Å². The normalized spacial score (nSPS) is 14.1. The Morgan fingerprint density at radius 1 is 1.22 bits per heavy atom. The number of carboxylic acids is 1. The molecule has 2 aromatic rings. The van der Waals surface area contributed by atoms with Crippen LogP contribution in [0.1, 0.15) is 29.2 Å². The summed E-state index contributed by atoms with van der Waals surface area (Å²) in [5.74, 6) is 0.160. The lowest BCUT2D eigenvalue weighted by Gasteiger charge is -2.14. The first-order valence-corrected chi connectivity index (χ1v) is 8.00. The first-order chi connectivity index (χ1) is 11.2. The molecule has 0 fully saturated rings. The highest BCUT2D eigenvalue weighted by Crippen LogP contribution is 2.26. The van der Waals surface area contributed by atoms with Crippen LogP contribution in [0.25, 0.3) is 0 Å². The maximum absolute atomic E-state index is 11.4. The van der Waals surface area contributed by atoms with E-state index in [2.05, 4.69) is 17.4 Å². The number of carbonyl (C=O) groups is 1. The number of aryl methyl sites for hydroxylation is 1. The van der Waals surface area contributed by atoms with Crippen molar-refractivity contribution in [2.75, 3.05) is 13.2 Å².